The number of aromatic nitrogens is 4. The van der Waals surface area contributed by atoms with Crippen LogP contribution in [-0.4, -0.2) is 59.0 Å². The first-order valence-corrected chi connectivity index (χ1v) is 10.9. The molecule has 0 atom stereocenters. The molecule has 0 aromatic carbocycles. The average molecular weight is 424 g/mol. The van der Waals surface area contributed by atoms with Crippen molar-refractivity contribution >= 4 is 55.8 Å². The maximum Gasteiger partial charge on any atom is 0.348 e. The van der Waals surface area contributed by atoms with Gasteiger partial charge in [-0.3, -0.25) is 0 Å². The molecule has 0 aliphatic carbocycles. The van der Waals surface area contributed by atoms with Gasteiger partial charge >= 0.3 is 5.97 Å². The van der Waals surface area contributed by atoms with E-state index in [2.05, 4.69) is 25.1 Å². The van der Waals surface area contributed by atoms with E-state index in [0.29, 0.717) is 24.7 Å². The van der Waals surface area contributed by atoms with Crippen molar-refractivity contribution < 1.29 is 14.3 Å². The van der Waals surface area contributed by atoms with Crippen molar-refractivity contribution in [2.75, 3.05) is 37.8 Å². The Morgan fingerprint density at radius 3 is 2.89 bits per heavy atom. The van der Waals surface area contributed by atoms with E-state index in [9.17, 15) is 4.79 Å². The predicted molar refractivity (Wildman–Crippen MR) is 105 cm³/mol. The van der Waals surface area contributed by atoms with Crippen LogP contribution in [0.1, 0.15) is 22.2 Å². The molecule has 0 radical (unpaired) electrons. The van der Waals surface area contributed by atoms with Gasteiger partial charge in [-0.05, 0) is 31.2 Å². The number of ether oxygens (including phenoxy) is 2. The lowest BCUT2D eigenvalue weighted by molar-refractivity contribution is 0.0531. The standard InChI is InChI=1S/C16H17N5O3S3/c1-3-24-14(22)11-9(2)10-12(25-11)17-8-18-13(10)26-16-20-19-15(27-16)21-4-6-23-7-5-21/h8H,3-7H2,1-2H3. The molecule has 142 valence electrons. The number of nitrogens with zero attached hydrogens (tertiary/aromatic N) is 5. The van der Waals surface area contributed by atoms with Crippen LogP contribution in [0, 0.1) is 6.92 Å². The van der Waals surface area contributed by atoms with Crippen molar-refractivity contribution in [1.29, 1.82) is 0 Å². The first-order chi connectivity index (χ1) is 13.2. The number of aryl methyl sites for hydroxylation is 1. The lowest BCUT2D eigenvalue weighted by Gasteiger charge is -2.25. The minimum absolute atomic E-state index is 0.320. The largest absolute Gasteiger partial charge is 0.462 e. The molecular weight excluding hydrogens is 406 g/mol. The zero-order valence-corrected chi connectivity index (χ0v) is 17.2. The molecule has 1 saturated heterocycles. The Morgan fingerprint density at radius 2 is 2.11 bits per heavy atom. The number of thiophene rings is 1. The van der Waals surface area contributed by atoms with Crippen molar-refractivity contribution in [3.8, 4) is 0 Å². The highest BCUT2D eigenvalue weighted by molar-refractivity contribution is 8.01. The van der Waals surface area contributed by atoms with Gasteiger partial charge in [0.1, 0.15) is 21.1 Å². The average Bonchev–Trinajstić information content (AvgIpc) is 3.28. The van der Waals surface area contributed by atoms with E-state index in [1.807, 2.05) is 6.92 Å². The maximum absolute atomic E-state index is 12.2. The van der Waals surface area contributed by atoms with E-state index in [1.54, 1.807) is 6.92 Å². The molecular formula is C16H17N5O3S3. The van der Waals surface area contributed by atoms with Crippen LogP contribution >= 0.6 is 34.4 Å². The lowest BCUT2D eigenvalue weighted by atomic mass is 10.2. The number of fused-ring (bicyclic) bond motifs is 1. The third-order valence-electron chi connectivity index (χ3n) is 4.01. The van der Waals surface area contributed by atoms with E-state index in [-0.39, 0.29) is 5.97 Å². The molecule has 1 aliphatic heterocycles. The Labute approximate surface area is 167 Å². The molecule has 4 heterocycles. The molecule has 0 N–H and O–H groups in total. The number of esters is 1. The van der Waals surface area contributed by atoms with Crippen LogP contribution in [0.2, 0.25) is 0 Å². The Morgan fingerprint density at radius 1 is 1.30 bits per heavy atom. The Balaban J connectivity index is 1.62. The fraction of sp³-hybridized carbons (Fsp3) is 0.438. The number of carbonyl (C=O) groups excluding carboxylic acids is 1. The van der Waals surface area contributed by atoms with E-state index in [4.69, 9.17) is 9.47 Å². The highest BCUT2D eigenvalue weighted by atomic mass is 32.2. The molecule has 1 aliphatic rings. The van der Waals surface area contributed by atoms with Gasteiger partial charge in [-0.15, -0.1) is 21.5 Å². The summed E-state index contributed by atoms with van der Waals surface area (Å²) in [5.41, 5.74) is 0.842. The molecule has 1 fully saturated rings. The molecule has 0 amide bonds. The second-order valence-electron chi connectivity index (χ2n) is 5.69. The Hall–Kier alpha value is -1.82. The van der Waals surface area contributed by atoms with Gasteiger partial charge in [0, 0.05) is 18.5 Å². The van der Waals surface area contributed by atoms with Crippen molar-refractivity contribution in [3.63, 3.8) is 0 Å². The van der Waals surface area contributed by atoms with Crippen molar-refractivity contribution in [2.24, 2.45) is 0 Å². The summed E-state index contributed by atoms with van der Waals surface area (Å²) in [7, 11) is 0. The summed E-state index contributed by atoms with van der Waals surface area (Å²) < 4.78 is 11.3. The van der Waals surface area contributed by atoms with E-state index in [1.165, 1.54) is 40.8 Å². The first kappa shape index (κ1) is 18.5. The third kappa shape index (κ3) is 3.77. The molecule has 0 spiro atoms. The van der Waals surface area contributed by atoms with Crippen LogP contribution in [0.4, 0.5) is 5.13 Å². The second-order valence-corrected chi connectivity index (χ2v) is 8.88. The Kier molecular flexibility index (Phi) is 5.53. The molecule has 3 aromatic heterocycles. The number of hydrogen-bond acceptors (Lipinski definition) is 11. The summed E-state index contributed by atoms with van der Waals surface area (Å²) >= 11 is 4.31. The lowest BCUT2D eigenvalue weighted by Crippen LogP contribution is -2.36. The zero-order valence-electron chi connectivity index (χ0n) is 14.8. The van der Waals surface area contributed by atoms with Crippen LogP contribution in [0.3, 0.4) is 0 Å². The minimum atomic E-state index is -0.320. The molecule has 11 heteroatoms. The topological polar surface area (TPSA) is 90.3 Å². The SMILES string of the molecule is CCOC(=O)c1sc2ncnc(Sc3nnc(N4CCOCC4)s3)c2c1C. The highest BCUT2D eigenvalue weighted by Gasteiger charge is 2.22. The van der Waals surface area contributed by atoms with Crippen LogP contribution < -0.4 is 4.90 Å². The molecule has 8 nitrogen and oxygen atoms in total. The van der Waals surface area contributed by atoms with Gasteiger partial charge in [0.25, 0.3) is 0 Å². The molecule has 4 rings (SSSR count). The molecule has 27 heavy (non-hydrogen) atoms. The van der Waals surface area contributed by atoms with Gasteiger partial charge in [0.05, 0.1) is 19.8 Å². The zero-order chi connectivity index (χ0) is 18.8. The summed E-state index contributed by atoms with van der Waals surface area (Å²) in [6, 6.07) is 0. The fourth-order valence-corrected chi connectivity index (χ4v) is 5.78. The van der Waals surface area contributed by atoms with Crippen molar-refractivity contribution in [2.45, 2.75) is 23.2 Å². The van der Waals surface area contributed by atoms with Crippen LogP contribution in [0.15, 0.2) is 15.7 Å². The smallest absolute Gasteiger partial charge is 0.348 e. The summed E-state index contributed by atoms with van der Waals surface area (Å²) in [6.45, 7) is 7.10. The maximum atomic E-state index is 12.2. The van der Waals surface area contributed by atoms with Gasteiger partial charge in [-0.1, -0.05) is 11.3 Å². The molecule has 3 aromatic rings. The first-order valence-electron chi connectivity index (χ1n) is 8.42. The van der Waals surface area contributed by atoms with E-state index < -0.39 is 0 Å². The summed E-state index contributed by atoms with van der Waals surface area (Å²) in [5.74, 6) is -0.320. The monoisotopic (exact) mass is 423 g/mol. The predicted octanol–water partition coefficient (Wildman–Crippen LogP) is 3.02. The van der Waals surface area contributed by atoms with E-state index in [0.717, 1.165) is 43.4 Å². The third-order valence-corrected chi connectivity index (χ3v) is 7.23. The van der Waals surface area contributed by atoms with Gasteiger partial charge < -0.3 is 14.4 Å². The second kappa shape index (κ2) is 8.05. The minimum Gasteiger partial charge on any atom is -0.462 e. The summed E-state index contributed by atoms with van der Waals surface area (Å²) in [6.07, 6.45) is 1.51. The quantitative estimate of drug-likeness (QED) is 0.454. The summed E-state index contributed by atoms with van der Waals surface area (Å²) in [5, 5.41) is 11.1. The van der Waals surface area contributed by atoms with Gasteiger partial charge in [-0.25, -0.2) is 14.8 Å². The number of anilines is 1. The van der Waals surface area contributed by atoms with Crippen molar-refractivity contribution in [3.05, 3.63) is 16.8 Å². The van der Waals surface area contributed by atoms with Gasteiger partial charge in [-0.2, -0.15) is 0 Å². The fourth-order valence-electron chi connectivity index (χ4n) is 2.72. The van der Waals surface area contributed by atoms with Gasteiger partial charge in [0.2, 0.25) is 5.13 Å². The molecule has 0 unspecified atom stereocenters. The normalized spacial score (nSPS) is 14.7. The number of hydrogen-bond donors (Lipinski definition) is 0. The van der Waals surface area contributed by atoms with E-state index >= 15 is 0 Å². The van der Waals surface area contributed by atoms with Crippen LogP contribution in [-0.2, 0) is 9.47 Å². The number of morpholine rings is 1. The van der Waals surface area contributed by atoms with Crippen molar-refractivity contribution in [1.82, 2.24) is 20.2 Å². The van der Waals surface area contributed by atoms with Crippen LogP contribution in [0.5, 0.6) is 0 Å². The van der Waals surface area contributed by atoms with Gasteiger partial charge in [0.15, 0.2) is 4.34 Å². The number of carbonyl (C=O) groups is 1. The highest BCUT2D eigenvalue weighted by Crippen LogP contribution is 2.39. The molecule has 0 bridgehead atoms. The van der Waals surface area contributed by atoms with Crippen LogP contribution in [0.25, 0.3) is 10.2 Å². The molecule has 0 saturated carbocycles. The Bertz CT molecular complexity index is 968. The summed E-state index contributed by atoms with van der Waals surface area (Å²) in [4.78, 5) is 24.4. The number of rotatable bonds is 5.